The van der Waals surface area contributed by atoms with Crippen LogP contribution < -0.4 is 5.56 Å². The molecule has 186 valence electrons. The number of piperidine rings is 1. The maximum absolute atomic E-state index is 13.8. The number of rotatable bonds is 6. The van der Waals surface area contributed by atoms with E-state index in [4.69, 9.17) is 0 Å². The zero-order valence-electron chi connectivity index (χ0n) is 20.8. The number of pyridine rings is 1. The van der Waals surface area contributed by atoms with Gasteiger partial charge in [-0.3, -0.25) is 14.5 Å². The van der Waals surface area contributed by atoms with Crippen molar-refractivity contribution in [3.8, 4) is 0 Å². The standard InChI is InChI=1S/C29H37N3O3/c1-3-8-22-11-12-25-26-23(18-32(25)28(22)34)24(19-33)27(31(26)4-2)29(35)30-15-13-21(14-16-30)17-20-9-6-5-7-10-20/h3,5-12,21,23-24,26-27,33H,4,13-19H2,1-2H3/b8-3-/t23-,24-,26+,27-/m0/s1. The molecule has 1 aromatic carbocycles. The molecule has 1 amide bonds. The monoisotopic (exact) mass is 475 g/mol. The van der Waals surface area contributed by atoms with E-state index < -0.39 is 0 Å². The lowest BCUT2D eigenvalue weighted by molar-refractivity contribution is -0.139. The van der Waals surface area contributed by atoms with E-state index in [9.17, 15) is 14.7 Å². The van der Waals surface area contributed by atoms with Gasteiger partial charge in [-0.2, -0.15) is 0 Å². The van der Waals surface area contributed by atoms with Crippen LogP contribution in [0.5, 0.6) is 0 Å². The topological polar surface area (TPSA) is 65.8 Å². The highest BCUT2D eigenvalue weighted by atomic mass is 16.3. The molecule has 0 aliphatic carbocycles. The number of hydrogen-bond acceptors (Lipinski definition) is 4. The van der Waals surface area contributed by atoms with Crippen LogP contribution in [0.1, 0.15) is 49.6 Å². The molecule has 0 bridgehead atoms. The minimum atomic E-state index is -0.329. The zero-order valence-corrected chi connectivity index (χ0v) is 20.8. The lowest BCUT2D eigenvalue weighted by atomic mass is 9.86. The van der Waals surface area contributed by atoms with Crippen LogP contribution in [-0.4, -0.2) is 57.7 Å². The largest absolute Gasteiger partial charge is 0.396 e. The van der Waals surface area contributed by atoms with Crippen molar-refractivity contribution < 1.29 is 9.90 Å². The molecule has 0 saturated carbocycles. The third kappa shape index (κ3) is 4.27. The van der Waals surface area contributed by atoms with Crippen molar-refractivity contribution >= 4 is 12.0 Å². The first kappa shape index (κ1) is 24.0. The Morgan fingerprint density at radius 1 is 1.11 bits per heavy atom. The zero-order chi connectivity index (χ0) is 24.5. The summed E-state index contributed by atoms with van der Waals surface area (Å²) in [5, 5.41) is 10.4. The molecule has 4 atom stereocenters. The van der Waals surface area contributed by atoms with Crippen LogP contribution in [0, 0.1) is 17.8 Å². The molecule has 35 heavy (non-hydrogen) atoms. The van der Waals surface area contributed by atoms with Gasteiger partial charge in [-0.1, -0.05) is 49.4 Å². The molecule has 4 heterocycles. The number of nitrogens with zero attached hydrogens (tertiary/aromatic N) is 3. The molecule has 6 heteroatoms. The van der Waals surface area contributed by atoms with E-state index in [0.717, 1.165) is 38.0 Å². The number of aliphatic hydroxyl groups is 1. The fourth-order valence-electron chi connectivity index (χ4n) is 6.78. The van der Waals surface area contributed by atoms with Crippen molar-refractivity contribution in [2.45, 2.75) is 51.7 Å². The van der Waals surface area contributed by atoms with Crippen molar-refractivity contribution in [1.82, 2.24) is 14.4 Å². The van der Waals surface area contributed by atoms with Crippen LogP contribution in [0.4, 0.5) is 0 Å². The SMILES string of the molecule is C/C=C\c1ccc2n(c1=O)C[C@H]1[C@H](CO)[C@@H](C(=O)N3CCC(Cc4ccccc4)CC3)N(CC)[C@@H]21. The quantitative estimate of drug-likeness (QED) is 0.696. The number of aliphatic hydroxyl groups excluding tert-OH is 1. The smallest absolute Gasteiger partial charge is 0.258 e. The second kappa shape index (κ2) is 10.1. The molecule has 2 aromatic rings. The Kier molecular flexibility index (Phi) is 6.94. The van der Waals surface area contributed by atoms with E-state index >= 15 is 0 Å². The number of aromatic nitrogens is 1. The fourth-order valence-corrected chi connectivity index (χ4v) is 6.78. The van der Waals surface area contributed by atoms with Crippen molar-refractivity contribution in [2.75, 3.05) is 26.2 Å². The van der Waals surface area contributed by atoms with Gasteiger partial charge in [0, 0.05) is 49.3 Å². The minimum absolute atomic E-state index is 0.00549. The average molecular weight is 476 g/mol. The highest BCUT2D eigenvalue weighted by molar-refractivity contribution is 5.83. The molecule has 0 unspecified atom stereocenters. The molecule has 0 radical (unpaired) electrons. The van der Waals surface area contributed by atoms with Gasteiger partial charge in [0.05, 0.1) is 12.1 Å². The van der Waals surface area contributed by atoms with Crippen molar-refractivity contribution in [3.05, 3.63) is 75.7 Å². The number of hydrogen-bond donors (Lipinski definition) is 1. The third-order valence-electron chi connectivity index (χ3n) is 8.48. The Hall–Kier alpha value is -2.70. The van der Waals surface area contributed by atoms with Crippen LogP contribution in [0.2, 0.25) is 0 Å². The Bertz CT molecular complexity index is 1130. The van der Waals surface area contributed by atoms with Gasteiger partial charge in [0.1, 0.15) is 0 Å². The van der Waals surface area contributed by atoms with Gasteiger partial charge in [0.15, 0.2) is 0 Å². The van der Waals surface area contributed by atoms with E-state index in [1.54, 1.807) is 0 Å². The first-order valence-electron chi connectivity index (χ1n) is 13.1. The molecule has 2 fully saturated rings. The van der Waals surface area contributed by atoms with Gasteiger partial charge >= 0.3 is 0 Å². The maximum Gasteiger partial charge on any atom is 0.258 e. The summed E-state index contributed by atoms with van der Waals surface area (Å²) < 4.78 is 1.87. The normalized spacial score (nSPS) is 26.9. The van der Waals surface area contributed by atoms with E-state index in [0.29, 0.717) is 24.6 Å². The molecule has 1 N–H and O–H groups in total. The summed E-state index contributed by atoms with van der Waals surface area (Å²) in [5.74, 6) is 0.653. The predicted octanol–water partition coefficient (Wildman–Crippen LogP) is 3.35. The molecule has 3 aliphatic rings. The lowest BCUT2D eigenvalue weighted by Crippen LogP contribution is -2.52. The number of likely N-dealkylation sites (tertiary alicyclic amines) is 2. The van der Waals surface area contributed by atoms with Crippen LogP contribution >= 0.6 is 0 Å². The summed E-state index contributed by atoms with van der Waals surface area (Å²) in [4.78, 5) is 31.2. The highest BCUT2D eigenvalue weighted by Gasteiger charge is 2.55. The van der Waals surface area contributed by atoms with Gasteiger partial charge in [0.25, 0.3) is 5.56 Å². The summed E-state index contributed by atoms with van der Waals surface area (Å²) in [5.41, 5.74) is 3.05. The number of likely N-dealkylation sites (N-methyl/N-ethyl adjacent to an activating group) is 1. The summed E-state index contributed by atoms with van der Waals surface area (Å²) in [6.45, 7) is 6.79. The Morgan fingerprint density at radius 3 is 2.51 bits per heavy atom. The highest BCUT2D eigenvalue weighted by Crippen LogP contribution is 2.49. The number of fused-ring (bicyclic) bond motifs is 3. The Balaban J connectivity index is 1.33. The van der Waals surface area contributed by atoms with Crippen LogP contribution in [0.15, 0.2) is 53.3 Å². The third-order valence-corrected chi connectivity index (χ3v) is 8.48. The van der Waals surface area contributed by atoms with Gasteiger partial charge in [0.2, 0.25) is 5.91 Å². The first-order valence-corrected chi connectivity index (χ1v) is 13.1. The van der Waals surface area contributed by atoms with Crippen molar-refractivity contribution in [3.63, 3.8) is 0 Å². The van der Waals surface area contributed by atoms with Gasteiger partial charge < -0.3 is 14.6 Å². The number of allylic oxidation sites excluding steroid dienone is 1. The molecule has 1 aromatic heterocycles. The second-order valence-electron chi connectivity index (χ2n) is 10.3. The van der Waals surface area contributed by atoms with Crippen molar-refractivity contribution in [2.24, 2.45) is 17.8 Å². The molecular formula is C29H37N3O3. The van der Waals surface area contributed by atoms with E-state index in [2.05, 4.69) is 42.2 Å². The van der Waals surface area contributed by atoms with Gasteiger partial charge in [-0.15, -0.1) is 0 Å². The van der Waals surface area contributed by atoms with E-state index in [1.165, 1.54) is 5.56 Å². The molecule has 0 spiro atoms. The maximum atomic E-state index is 13.8. The summed E-state index contributed by atoms with van der Waals surface area (Å²) >= 11 is 0. The second-order valence-corrected chi connectivity index (χ2v) is 10.3. The number of benzene rings is 1. The Morgan fingerprint density at radius 2 is 1.86 bits per heavy atom. The molecule has 6 nitrogen and oxygen atoms in total. The summed E-state index contributed by atoms with van der Waals surface area (Å²) in [6, 6.07) is 14.2. The molecular weight excluding hydrogens is 438 g/mol. The number of amides is 1. The van der Waals surface area contributed by atoms with E-state index in [-0.39, 0.29) is 42.0 Å². The summed E-state index contributed by atoms with van der Waals surface area (Å²) in [6.07, 6.45) is 6.83. The van der Waals surface area contributed by atoms with Crippen LogP contribution in [0.25, 0.3) is 6.08 Å². The first-order chi connectivity index (χ1) is 17.1. The van der Waals surface area contributed by atoms with Gasteiger partial charge in [-0.05, 0) is 56.3 Å². The molecule has 5 rings (SSSR count). The van der Waals surface area contributed by atoms with E-state index in [1.807, 2.05) is 40.7 Å². The summed E-state index contributed by atoms with van der Waals surface area (Å²) in [7, 11) is 0. The lowest BCUT2D eigenvalue weighted by Gasteiger charge is -2.37. The fraction of sp³-hybridized carbons (Fsp3) is 0.517. The molecule has 2 saturated heterocycles. The predicted molar refractivity (Wildman–Crippen MR) is 138 cm³/mol. The molecule has 3 aliphatic heterocycles. The number of carbonyl (C=O) groups is 1. The van der Waals surface area contributed by atoms with Crippen molar-refractivity contribution in [1.29, 1.82) is 0 Å². The van der Waals surface area contributed by atoms with Crippen LogP contribution in [0.3, 0.4) is 0 Å². The Labute approximate surface area is 207 Å². The minimum Gasteiger partial charge on any atom is -0.396 e. The van der Waals surface area contributed by atoms with Crippen LogP contribution in [-0.2, 0) is 17.8 Å². The number of carbonyl (C=O) groups excluding carboxylic acids is 1. The van der Waals surface area contributed by atoms with Gasteiger partial charge in [-0.25, -0.2) is 0 Å². The average Bonchev–Trinajstić information content (AvgIpc) is 3.41.